The molecule has 0 saturated heterocycles. The van der Waals surface area contributed by atoms with E-state index in [1.165, 1.54) is 46.9 Å². The van der Waals surface area contributed by atoms with E-state index in [4.69, 9.17) is 23.2 Å². The maximum atomic E-state index is 12.6. The van der Waals surface area contributed by atoms with Crippen LogP contribution in [0.4, 0.5) is 10.8 Å². The molecule has 1 amide bonds. The molecule has 0 fully saturated rings. The molecule has 2 heterocycles. The van der Waals surface area contributed by atoms with Crippen molar-refractivity contribution in [1.29, 1.82) is 0 Å². The summed E-state index contributed by atoms with van der Waals surface area (Å²) < 4.78 is 28.6. The average Bonchev–Trinajstić information content (AvgIpc) is 3.34. The molecular formula is C21H15Cl2N3O3S3. The zero-order valence-electron chi connectivity index (χ0n) is 16.4. The second-order valence-corrected chi connectivity index (χ2v) is 11.6. The lowest BCUT2D eigenvalue weighted by atomic mass is 10.2. The SMILES string of the molecule is Cc1ccc(S(=O)(=O)Nc2ccc(C(=O)Nc3nc(-c4cc(Cl)sc4Cl)cs3)cc2)cc1. The van der Waals surface area contributed by atoms with Gasteiger partial charge in [-0.1, -0.05) is 40.9 Å². The number of aryl methyl sites for hydroxylation is 1. The number of nitrogens with zero attached hydrogens (tertiary/aromatic N) is 1. The smallest absolute Gasteiger partial charge is 0.261 e. The summed E-state index contributed by atoms with van der Waals surface area (Å²) in [5.74, 6) is -0.367. The molecule has 6 nitrogen and oxygen atoms in total. The third kappa shape index (κ3) is 5.13. The standard InChI is InChI=1S/C21H15Cl2N3O3S3/c1-12-2-8-15(9-3-12)32(28,29)26-14-6-4-13(5-7-14)20(27)25-21-24-17(11-30-21)16-10-18(22)31-19(16)23/h2-11,26H,1H3,(H,24,25,27). The molecule has 0 spiro atoms. The van der Waals surface area contributed by atoms with Crippen molar-refractivity contribution in [2.24, 2.45) is 0 Å². The fraction of sp³-hybridized carbons (Fsp3) is 0.0476. The number of benzene rings is 2. The predicted octanol–water partition coefficient (Wildman–Crippen LogP) is 6.54. The zero-order valence-corrected chi connectivity index (χ0v) is 20.4. The lowest BCUT2D eigenvalue weighted by molar-refractivity contribution is 0.102. The Balaban J connectivity index is 1.43. The summed E-state index contributed by atoms with van der Waals surface area (Å²) in [7, 11) is -3.72. The van der Waals surface area contributed by atoms with Crippen LogP contribution < -0.4 is 10.0 Å². The van der Waals surface area contributed by atoms with Gasteiger partial charge >= 0.3 is 0 Å². The van der Waals surface area contributed by atoms with Gasteiger partial charge in [-0.3, -0.25) is 14.8 Å². The molecule has 11 heteroatoms. The van der Waals surface area contributed by atoms with E-state index in [1.54, 1.807) is 35.7 Å². The Morgan fingerprint density at radius 2 is 1.72 bits per heavy atom. The van der Waals surface area contributed by atoms with Crippen molar-refractivity contribution >= 4 is 72.6 Å². The van der Waals surface area contributed by atoms with Gasteiger partial charge in [-0.25, -0.2) is 13.4 Å². The molecule has 0 unspecified atom stereocenters. The van der Waals surface area contributed by atoms with Crippen LogP contribution in [0.5, 0.6) is 0 Å². The minimum atomic E-state index is -3.72. The van der Waals surface area contributed by atoms with Gasteiger partial charge in [0.15, 0.2) is 5.13 Å². The number of anilines is 2. The summed E-state index contributed by atoms with van der Waals surface area (Å²) in [6, 6.07) is 14.4. The first-order valence-corrected chi connectivity index (χ1v) is 13.1. The predicted molar refractivity (Wildman–Crippen MR) is 132 cm³/mol. The van der Waals surface area contributed by atoms with Crippen molar-refractivity contribution in [3.63, 3.8) is 0 Å². The van der Waals surface area contributed by atoms with Gasteiger partial charge in [-0.05, 0) is 49.4 Å². The summed E-state index contributed by atoms with van der Waals surface area (Å²) in [5, 5.41) is 4.92. The van der Waals surface area contributed by atoms with Crippen molar-refractivity contribution in [3.05, 3.63) is 79.8 Å². The topological polar surface area (TPSA) is 88.2 Å². The Labute approximate surface area is 202 Å². The highest BCUT2D eigenvalue weighted by molar-refractivity contribution is 7.92. The van der Waals surface area contributed by atoms with Crippen molar-refractivity contribution in [2.45, 2.75) is 11.8 Å². The fourth-order valence-electron chi connectivity index (χ4n) is 2.76. The lowest BCUT2D eigenvalue weighted by Gasteiger charge is -2.09. The van der Waals surface area contributed by atoms with E-state index >= 15 is 0 Å². The number of amides is 1. The number of hydrogen-bond donors (Lipinski definition) is 2. The van der Waals surface area contributed by atoms with Crippen LogP contribution >= 0.6 is 45.9 Å². The van der Waals surface area contributed by atoms with E-state index < -0.39 is 10.0 Å². The molecule has 0 aliphatic carbocycles. The van der Waals surface area contributed by atoms with Crippen LogP contribution in [0.1, 0.15) is 15.9 Å². The number of aromatic nitrogens is 1. The summed E-state index contributed by atoms with van der Waals surface area (Å²) in [6.45, 7) is 1.88. The molecule has 0 atom stereocenters. The molecule has 0 aliphatic heterocycles. The fourth-order valence-corrected chi connectivity index (χ4v) is 6.01. The Morgan fingerprint density at radius 3 is 2.34 bits per heavy atom. The van der Waals surface area contributed by atoms with Gasteiger partial charge in [-0.2, -0.15) is 0 Å². The van der Waals surface area contributed by atoms with Gasteiger partial charge < -0.3 is 0 Å². The Bertz CT molecular complexity index is 1380. The average molecular weight is 524 g/mol. The molecule has 32 heavy (non-hydrogen) atoms. The molecule has 0 saturated carbocycles. The molecule has 0 aliphatic rings. The monoisotopic (exact) mass is 523 g/mol. The van der Waals surface area contributed by atoms with Gasteiger partial charge in [-0.15, -0.1) is 22.7 Å². The van der Waals surface area contributed by atoms with Gasteiger partial charge in [0, 0.05) is 22.2 Å². The largest absolute Gasteiger partial charge is 0.298 e. The summed E-state index contributed by atoms with van der Waals surface area (Å²) in [6.07, 6.45) is 0. The molecule has 0 bridgehead atoms. The minimum Gasteiger partial charge on any atom is -0.298 e. The number of sulfonamides is 1. The Kier molecular flexibility index (Phi) is 6.55. The number of carbonyl (C=O) groups excluding carboxylic acids is 1. The lowest BCUT2D eigenvalue weighted by Crippen LogP contribution is -2.14. The molecule has 164 valence electrons. The third-order valence-corrected chi connectivity index (χ3v) is 8.03. The number of thiazole rings is 1. The van der Waals surface area contributed by atoms with Crippen LogP contribution in [0.3, 0.4) is 0 Å². The van der Waals surface area contributed by atoms with Gasteiger partial charge in [0.2, 0.25) is 0 Å². The third-order valence-electron chi connectivity index (χ3n) is 4.39. The van der Waals surface area contributed by atoms with Crippen molar-refractivity contribution in [2.75, 3.05) is 10.0 Å². The number of nitrogens with one attached hydrogen (secondary N) is 2. The molecule has 2 aromatic heterocycles. The van der Waals surface area contributed by atoms with E-state index in [0.717, 1.165) is 5.56 Å². The van der Waals surface area contributed by atoms with Gasteiger partial charge in [0.1, 0.15) is 4.34 Å². The molecule has 2 N–H and O–H groups in total. The highest BCUT2D eigenvalue weighted by atomic mass is 35.5. The Hall–Kier alpha value is -2.43. The minimum absolute atomic E-state index is 0.163. The van der Waals surface area contributed by atoms with E-state index in [1.807, 2.05) is 6.92 Å². The molecule has 4 aromatic rings. The van der Waals surface area contributed by atoms with Crippen LogP contribution in [0.15, 0.2) is 64.9 Å². The van der Waals surface area contributed by atoms with Crippen molar-refractivity contribution in [3.8, 4) is 11.3 Å². The summed E-state index contributed by atoms with van der Waals surface area (Å²) in [4.78, 5) is 17.1. The first kappa shape index (κ1) is 22.8. The van der Waals surface area contributed by atoms with E-state index in [0.29, 0.717) is 36.3 Å². The second kappa shape index (κ2) is 9.21. The molecular weight excluding hydrogens is 509 g/mol. The first-order valence-electron chi connectivity index (χ1n) is 9.13. The van der Waals surface area contributed by atoms with Crippen LogP contribution in [-0.4, -0.2) is 19.3 Å². The summed E-state index contributed by atoms with van der Waals surface area (Å²) >= 11 is 14.6. The highest BCUT2D eigenvalue weighted by Crippen LogP contribution is 2.39. The molecule has 4 rings (SSSR count). The van der Waals surface area contributed by atoms with Gasteiger partial charge in [0.05, 0.1) is 14.9 Å². The Morgan fingerprint density at radius 1 is 1.03 bits per heavy atom. The number of hydrogen-bond acceptors (Lipinski definition) is 6. The molecule has 0 radical (unpaired) electrons. The first-order chi connectivity index (χ1) is 15.2. The zero-order chi connectivity index (χ0) is 22.9. The van der Waals surface area contributed by atoms with E-state index in [2.05, 4.69) is 15.0 Å². The van der Waals surface area contributed by atoms with Crippen molar-refractivity contribution < 1.29 is 13.2 Å². The summed E-state index contributed by atoms with van der Waals surface area (Å²) in [5.41, 5.74) is 3.01. The van der Waals surface area contributed by atoms with E-state index in [-0.39, 0.29) is 10.8 Å². The number of rotatable bonds is 6. The molecule has 2 aromatic carbocycles. The van der Waals surface area contributed by atoms with Crippen LogP contribution in [-0.2, 0) is 10.0 Å². The van der Waals surface area contributed by atoms with Crippen LogP contribution in [0, 0.1) is 6.92 Å². The van der Waals surface area contributed by atoms with Gasteiger partial charge in [0.25, 0.3) is 15.9 Å². The van der Waals surface area contributed by atoms with Crippen LogP contribution in [0.25, 0.3) is 11.3 Å². The van der Waals surface area contributed by atoms with E-state index in [9.17, 15) is 13.2 Å². The van der Waals surface area contributed by atoms with Crippen LogP contribution in [0.2, 0.25) is 8.67 Å². The van der Waals surface area contributed by atoms with Crippen molar-refractivity contribution in [1.82, 2.24) is 4.98 Å². The second-order valence-electron chi connectivity index (χ2n) is 6.73. The maximum absolute atomic E-state index is 12.6. The number of thiophene rings is 1. The normalized spacial score (nSPS) is 11.3. The number of halogens is 2. The number of carbonyl (C=O) groups is 1. The quantitative estimate of drug-likeness (QED) is 0.300. The highest BCUT2D eigenvalue weighted by Gasteiger charge is 2.16. The maximum Gasteiger partial charge on any atom is 0.261 e.